The molecule has 14 heavy (non-hydrogen) atoms. The van der Waals surface area contributed by atoms with Crippen LogP contribution in [-0.4, -0.2) is 13.2 Å². The Kier molecular flexibility index (Phi) is 3.00. The SMILES string of the molecule is CCC1COC/C1=C\c1ccccc1. The fourth-order valence-corrected chi connectivity index (χ4v) is 1.85. The summed E-state index contributed by atoms with van der Waals surface area (Å²) in [6, 6.07) is 10.5. The van der Waals surface area contributed by atoms with Gasteiger partial charge in [-0.1, -0.05) is 43.3 Å². The molecule has 0 aliphatic carbocycles. The van der Waals surface area contributed by atoms with Gasteiger partial charge in [0.1, 0.15) is 0 Å². The molecule has 1 fully saturated rings. The van der Waals surface area contributed by atoms with E-state index in [4.69, 9.17) is 4.74 Å². The van der Waals surface area contributed by atoms with E-state index < -0.39 is 0 Å². The van der Waals surface area contributed by atoms with Crippen molar-refractivity contribution in [3.8, 4) is 0 Å². The minimum absolute atomic E-state index is 0.634. The molecule has 1 saturated heterocycles. The predicted molar refractivity (Wildman–Crippen MR) is 59.0 cm³/mol. The molecule has 1 aromatic rings. The van der Waals surface area contributed by atoms with Crippen LogP contribution in [0.5, 0.6) is 0 Å². The Morgan fingerprint density at radius 2 is 2.14 bits per heavy atom. The standard InChI is InChI=1S/C13H16O/c1-2-12-9-14-10-13(12)8-11-6-4-3-5-7-11/h3-8,12H,2,9-10H2,1H3/b13-8+. The largest absolute Gasteiger partial charge is 0.376 e. The summed E-state index contributed by atoms with van der Waals surface area (Å²) in [5.74, 6) is 0.634. The highest BCUT2D eigenvalue weighted by atomic mass is 16.5. The lowest BCUT2D eigenvalue weighted by molar-refractivity contribution is 0.187. The molecule has 1 aliphatic heterocycles. The number of hydrogen-bond donors (Lipinski definition) is 0. The molecule has 0 radical (unpaired) electrons. The molecule has 1 aliphatic rings. The van der Waals surface area contributed by atoms with Crippen LogP contribution in [-0.2, 0) is 4.74 Å². The molecule has 1 unspecified atom stereocenters. The Labute approximate surface area is 85.4 Å². The lowest BCUT2D eigenvalue weighted by Crippen LogP contribution is -1.99. The molecule has 1 nitrogen and oxygen atoms in total. The fraction of sp³-hybridized carbons (Fsp3) is 0.385. The highest BCUT2D eigenvalue weighted by Gasteiger charge is 2.19. The molecule has 1 atom stereocenters. The van der Waals surface area contributed by atoms with Gasteiger partial charge in [0.2, 0.25) is 0 Å². The van der Waals surface area contributed by atoms with E-state index in [1.54, 1.807) is 0 Å². The second-order valence-electron chi connectivity index (χ2n) is 3.75. The fourth-order valence-electron chi connectivity index (χ4n) is 1.85. The quantitative estimate of drug-likeness (QED) is 0.693. The van der Waals surface area contributed by atoms with E-state index >= 15 is 0 Å². The Bertz CT molecular complexity index is 313. The van der Waals surface area contributed by atoms with Crippen LogP contribution in [0.3, 0.4) is 0 Å². The van der Waals surface area contributed by atoms with E-state index in [0.29, 0.717) is 5.92 Å². The first-order valence-corrected chi connectivity index (χ1v) is 5.23. The van der Waals surface area contributed by atoms with Gasteiger partial charge in [0.15, 0.2) is 0 Å². The maximum atomic E-state index is 5.46. The smallest absolute Gasteiger partial charge is 0.0683 e. The zero-order chi connectivity index (χ0) is 9.80. The topological polar surface area (TPSA) is 9.23 Å². The molecule has 1 aromatic carbocycles. The summed E-state index contributed by atoms with van der Waals surface area (Å²) in [4.78, 5) is 0. The van der Waals surface area contributed by atoms with Crippen LogP contribution in [0.1, 0.15) is 18.9 Å². The van der Waals surface area contributed by atoms with Crippen LogP contribution in [0.4, 0.5) is 0 Å². The third-order valence-corrected chi connectivity index (χ3v) is 2.76. The van der Waals surface area contributed by atoms with Crippen molar-refractivity contribution in [2.75, 3.05) is 13.2 Å². The first-order valence-electron chi connectivity index (χ1n) is 5.23. The van der Waals surface area contributed by atoms with Crippen molar-refractivity contribution >= 4 is 6.08 Å². The number of ether oxygens (including phenoxy) is 1. The maximum absolute atomic E-state index is 5.46. The average Bonchev–Trinajstić information content (AvgIpc) is 2.67. The van der Waals surface area contributed by atoms with E-state index in [-0.39, 0.29) is 0 Å². The summed E-state index contributed by atoms with van der Waals surface area (Å²) in [6.07, 6.45) is 3.44. The van der Waals surface area contributed by atoms with Crippen LogP contribution in [0.25, 0.3) is 6.08 Å². The molecule has 0 bridgehead atoms. The molecule has 0 N–H and O–H groups in total. The van der Waals surface area contributed by atoms with Crippen molar-refractivity contribution in [2.45, 2.75) is 13.3 Å². The van der Waals surface area contributed by atoms with Gasteiger partial charge in [0.05, 0.1) is 13.2 Å². The molecule has 1 heterocycles. The van der Waals surface area contributed by atoms with Gasteiger partial charge in [-0.25, -0.2) is 0 Å². The van der Waals surface area contributed by atoms with E-state index in [9.17, 15) is 0 Å². The molecular weight excluding hydrogens is 172 g/mol. The third-order valence-electron chi connectivity index (χ3n) is 2.76. The van der Waals surface area contributed by atoms with Crippen LogP contribution in [0.2, 0.25) is 0 Å². The average molecular weight is 188 g/mol. The van der Waals surface area contributed by atoms with Crippen molar-refractivity contribution in [1.29, 1.82) is 0 Å². The summed E-state index contributed by atoms with van der Waals surface area (Å²) in [7, 11) is 0. The second kappa shape index (κ2) is 4.43. The van der Waals surface area contributed by atoms with E-state index in [1.807, 2.05) is 6.07 Å². The minimum Gasteiger partial charge on any atom is -0.376 e. The minimum atomic E-state index is 0.634. The van der Waals surface area contributed by atoms with Crippen LogP contribution in [0.15, 0.2) is 35.9 Å². The molecule has 2 rings (SSSR count). The predicted octanol–water partition coefficient (Wildman–Crippen LogP) is 3.13. The van der Waals surface area contributed by atoms with Gasteiger partial charge in [0.25, 0.3) is 0 Å². The van der Waals surface area contributed by atoms with Gasteiger partial charge in [-0.15, -0.1) is 0 Å². The molecule has 0 saturated carbocycles. The van der Waals surface area contributed by atoms with Crippen LogP contribution < -0.4 is 0 Å². The van der Waals surface area contributed by atoms with Gasteiger partial charge >= 0.3 is 0 Å². The summed E-state index contributed by atoms with van der Waals surface area (Å²) < 4.78 is 5.46. The number of benzene rings is 1. The van der Waals surface area contributed by atoms with Crippen molar-refractivity contribution in [1.82, 2.24) is 0 Å². The van der Waals surface area contributed by atoms with Gasteiger partial charge < -0.3 is 4.74 Å². The zero-order valence-corrected chi connectivity index (χ0v) is 8.57. The first kappa shape index (κ1) is 9.47. The van der Waals surface area contributed by atoms with Gasteiger partial charge in [-0.05, 0) is 17.6 Å². The number of hydrogen-bond acceptors (Lipinski definition) is 1. The summed E-state index contributed by atoms with van der Waals surface area (Å²) in [5.41, 5.74) is 2.73. The van der Waals surface area contributed by atoms with Gasteiger partial charge in [0, 0.05) is 5.92 Å². The summed E-state index contributed by atoms with van der Waals surface area (Å²) in [6.45, 7) is 3.93. The lowest BCUT2D eigenvalue weighted by atomic mass is 9.98. The Morgan fingerprint density at radius 1 is 1.36 bits per heavy atom. The zero-order valence-electron chi connectivity index (χ0n) is 8.57. The Morgan fingerprint density at radius 3 is 2.86 bits per heavy atom. The first-order chi connectivity index (χ1) is 6.90. The van der Waals surface area contributed by atoms with E-state index in [0.717, 1.165) is 13.2 Å². The summed E-state index contributed by atoms with van der Waals surface area (Å²) >= 11 is 0. The molecular formula is C13H16O. The molecule has 0 aromatic heterocycles. The lowest BCUT2D eigenvalue weighted by Gasteiger charge is -2.05. The van der Waals surface area contributed by atoms with Crippen molar-refractivity contribution < 1.29 is 4.74 Å². The maximum Gasteiger partial charge on any atom is 0.0683 e. The van der Waals surface area contributed by atoms with Crippen molar-refractivity contribution in [3.63, 3.8) is 0 Å². The molecule has 0 spiro atoms. The van der Waals surface area contributed by atoms with Gasteiger partial charge in [-0.3, -0.25) is 0 Å². The number of rotatable bonds is 2. The monoisotopic (exact) mass is 188 g/mol. The van der Waals surface area contributed by atoms with E-state index in [1.165, 1.54) is 17.6 Å². The Balaban J connectivity index is 2.18. The van der Waals surface area contributed by atoms with Gasteiger partial charge in [-0.2, -0.15) is 0 Å². The highest BCUT2D eigenvalue weighted by molar-refractivity contribution is 5.53. The molecule has 74 valence electrons. The van der Waals surface area contributed by atoms with Crippen LogP contribution in [0, 0.1) is 5.92 Å². The summed E-state index contributed by atoms with van der Waals surface area (Å²) in [5, 5.41) is 0. The van der Waals surface area contributed by atoms with Crippen LogP contribution >= 0.6 is 0 Å². The second-order valence-corrected chi connectivity index (χ2v) is 3.75. The highest BCUT2D eigenvalue weighted by Crippen LogP contribution is 2.24. The Hall–Kier alpha value is -1.08. The van der Waals surface area contributed by atoms with E-state index in [2.05, 4.69) is 37.3 Å². The molecule has 1 heteroatoms. The van der Waals surface area contributed by atoms with Crippen molar-refractivity contribution in [3.05, 3.63) is 41.5 Å². The molecule has 0 amide bonds. The normalized spacial score (nSPS) is 24.4. The third kappa shape index (κ3) is 2.05. The van der Waals surface area contributed by atoms with Crippen molar-refractivity contribution in [2.24, 2.45) is 5.92 Å².